The van der Waals surface area contributed by atoms with Crippen LogP contribution >= 0.6 is 0 Å². The van der Waals surface area contributed by atoms with Crippen LogP contribution in [-0.4, -0.2) is 11.6 Å². The van der Waals surface area contributed by atoms with Crippen molar-refractivity contribution < 1.29 is 9.53 Å². The van der Waals surface area contributed by atoms with E-state index >= 15 is 0 Å². The summed E-state index contributed by atoms with van der Waals surface area (Å²) in [6.07, 6.45) is 3.56. The van der Waals surface area contributed by atoms with Gasteiger partial charge in [0.2, 0.25) is 0 Å². The molecule has 1 unspecified atom stereocenters. The number of rotatable bonds is 2. The Morgan fingerprint density at radius 3 is 2.56 bits per heavy atom. The first-order valence-corrected chi connectivity index (χ1v) is 6.71. The number of fused-ring (bicyclic) bond motifs is 1. The monoisotopic (exact) mass is 246 g/mol. The lowest BCUT2D eigenvalue weighted by Gasteiger charge is -2.22. The third-order valence-corrected chi connectivity index (χ3v) is 3.38. The van der Waals surface area contributed by atoms with Gasteiger partial charge in [0.05, 0.1) is 5.92 Å². The van der Waals surface area contributed by atoms with E-state index in [0.717, 1.165) is 12.0 Å². The smallest absolute Gasteiger partial charge is 0.313 e. The standard InChI is InChI=1S/C16H22O2/c1-11(15(17)18-16(2,3)4)13-9-8-12-6-5-7-14(12)10-13/h8-11H,5-7H2,1-4H3. The minimum atomic E-state index is -0.415. The van der Waals surface area contributed by atoms with Crippen molar-refractivity contribution in [2.75, 3.05) is 0 Å². The zero-order chi connectivity index (χ0) is 13.3. The highest BCUT2D eigenvalue weighted by molar-refractivity contribution is 5.78. The highest BCUT2D eigenvalue weighted by Gasteiger charge is 2.24. The quantitative estimate of drug-likeness (QED) is 0.745. The molecule has 0 bridgehead atoms. The van der Waals surface area contributed by atoms with Crippen molar-refractivity contribution in [3.63, 3.8) is 0 Å². The minimum absolute atomic E-state index is 0.138. The number of benzene rings is 1. The molecule has 2 heteroatoms. The summed E-state index contributed by atoms with van der Waals surface area (Å²) in [4.78, 5) is 12.0. The van der Waals surface area contributed by atoms with Gasteiger partial charge in [-0.15, -0.1) is 0 Å². The van der Waals surface area contributed by atoms with Crippen LogP contribution in [0, 0.1) is 0 Å². The molecular formula is C16H22O2. The van der Waals surface area contributed by atoms with E-state index in [1.54, 1.807) is 0 Å². The zero-order valence-electron chi connectivity index (χ0n) is 11.7. The fourth-order valence-electron chi connectivity index (χ4n) is 2.39. The van der Waals surface area contributed by atoms with Crippen molar-refractivity contribution in [1.29, 1.82) is 0 Å². The second-order valence-electron chi connectivity index (χ2n) is 6.14. The van der Waals surface area contributed by atoms with Crippen LogP contribution in [0.4, 0.5) is 0 Å². The summed E-state index contributed by atoms with van der Waals surface area (Å²) in [5, 5.41) is 0. The van der Waals surface area contributed by atoms with E-state index in [9.17, 15) is 4.79 Å². The van der Waals surface area contributed by atoms with Gasteiger partial charge in [-0.1, -0.05) is 18.2 Å². The van der Waals surface area contributed by atoms with Crippen molar-refractivity contribution >= 4 is 5.97 Å². The molecule has 0 spiro atoms. The molecule has 1 aromatic rings. The molecule has 0 heterocycles. The lowest BCUT2D eigenvalue weighted by Crippen LogP contribution is -2.26. The average Bonchev–Trinajstić information content (AvgIpc) is 2.72. The molecular weight excluding hydrogens is 224 g/mol. The molecule has 2 nitrogen and oxygen atoms in total. The molecule has 1 aromatic carbocycles. The Hall–Kier alpha value is -1.31. The Morgan fingerprint density at radius 1 is 1.22 bits per heavy atom. The molecule has 0 aromatic heterocycles. The maximum absolute atomic E-state index is 12.0. The molecule has 1 aliphatic carbocycles. The van der Waals surface area contributed by atoms with Crippen molar-refractivity contribution in [2.24, 2.45) is 0 Å². The van der Waals surface area contributed by atoms with Crippen LogP contribution in [0.1, 0.15) is 56.7 Å². The molecule has 0 radical (unpaired) electrons. The lowest BCUT2D eigenvalue weighted by atomic mass is 9.97. The summed E-state index contributed by atoms with van der Waals surface area (Å²) >= 11 is 0. The molecule has 0 saturated carbocycles. The van der Waals surface area contributed by atoms with Gasteiger partial charge in [0.1, 0.15) is 5.60 Å². The fraction of sp³-hybridized carbons (Fsp3) is 0.562. The highest BCUT2D eigenvalue weighted by atomic mass is 16.6. The summed E-state index contributed by atoms with van der Waals surface area (Å²) in [6, 6.07) is 6.41. The third-order valence-electron chi connectivity index (χ3n) is 3.38. The normalized spacial score (nSPS) is 16.2. The maximum atomic E-state index is 12.0. The second kappa shape index (κ2) is 4.75. The number of aryl methyl sites for hydroxylation is 2. The molecule has 98 valence electrons. The molecule has 0 fully saturated rings. The van der Waals surface area contributed by atoms with E-state index in [-0.39, 0.29) is 11.9 Å². The maximum Gasteiger partial charge on any atom is 0.313 e. The molecule has 1 atom stereocenters. The van der Waals surface area contributed by atoms with Gasteiger partial charge < -0.3 is 4.74 Å². The summed E-state index contributed by atoms with van der Waals surface area (Å²) in [5.41, 5.74) is 3.50. The van der Waals surface area contributed by atoms with Gasteiger partial charge in [0.25, 0.3) is 0 Å². The SMILES string of the molecule is CC(C(=O)OC(C)(C)C)c1ccc2c(c1)CCC2. The number of hydrogen-bond donors (Lipinski definition) is 0. The Labute approximate surface area is 109 Å². The van der Waals surface area contributed by atoms with Gasteiger partial charge in [0.15, 0.2) is 0 Å². The number of carbonyl (C=O) groups excluding carboxylic acids is 1. The Morgan fingerprint density at radius 2 is 1.89 bits per heavy atom. The number of ether oxygens (including phenoxy) is 1. The first kappa shape index (κ1) is 13.1. The predicted octanol–water partition coefficient (Wildman–Crippen LogP) is 3.62. The lowest BCUT2D eigenvalue weighted by molar-refractivity contribution is -0.156. The van der Waals surface area contributed by atoms with Crippen molar-refractivity contribution in [1.82, 2.24) is 0 Å². The summed E-state index contributed by atoms with van der Waals surface area (Å²) in [5.74, 6) is -0.324. The van der Waals surface area contributed by atoms with Crippen LogP contribution in [0.25, 0.3) is 0 Å². The fourth-order valence-corrected chi connectivity index (χ4v) is 2.39. The first-order valence-electron chi connectivity index (χ1n) is 6.71. The molecule has 0 aliphatic heterocycles. The van der Waals surface area contributed by atoms with Crippen molar-refractivity contribution in [3.8, 4) is 0 Å². The summed E-state index contributed by atoms with van der Waals surface area (Å²) in [7, 11) is 0. The summed E-state index contributed by atoms with van der Waals surface area (Å²) < 4.78 is 5.43. The van der Waals surface area contributed by atoms with Crippen LogP contribution in [-0.2, 0) is 22.4 Å². The van der Waals surface area contributed by atoms with Gasteiger partial charge >= 0.3 is 5.97 Å². The molecule has 0 amide bonds. The zero-order valence-corrected chi connectivity index (χ0v) is 11.7. The average molecular weight is 246 g/mol. The number of hydrogen-bond acceptors (Lipinski definition) is 2. The van der Waals surface area contributed by atoms with E-state index in [0.29, 0.717) is 0 Å². The van der Waals surface area contributed by atoms with Gasteiger partial charge in [0, 0.05) is 0 Å². The molecule has 1 aliphatic rings. The Kier molecular flexibility index (Phi) is 3.47. The van der Waals surface area contributed by atoms with Crippen LogP contribution in [0.3, 0.4) is 0 Å². The van der Waals surface area contributed by atoms with E-state index in [2.05, 4.69) is 18.2 Å². The van der Waals surface area contributed by atoms with Crippen molar-refractivity contribution in [3.05, 3.63) is 34.9 Å². The Balaban J connectivity index is 2.14. The van der Waals surface area contributed by atoms with Crippen LogP contribution in [0.2, 0.25) is 0 Å². The van der Waals surface area contributed by atoms with Crippen LogP contribution in [0.5, 0.6) is 0 Å². The number of esters is 1. The topological polar surface area (TPSA) is 26.3 Å². The second-order valence-corrected chi connectivity index (χ2v) is 6.14. The van der Waals surface area contributed by atoms with Gasteiger partial charge in [-0.2, -0.15) is 0 Å². The minimum Gasteiger partial charge on any atom is -0.460 e. The largest absolute Gasteiger partial charge is 0.460 e. The van der Waals surface area contributed by atoms with Gasteiger partial charge in [-0.25, -0.2) is 0 Å². The molecule has 0 saturated heterocycles. The molecule has 18 heavy (non-hydrogen) atoms. The first-order chi connectivity index (χ1) is 8.37. The van der Waals surface area contributed by atoms with E-state index in [4.69, 9.17) is 4.74 Å². The van der Waals surface area contributed by atoms with E-state index in [1.807, 2.05) is 27.7 Å². The predicted molar refractivity (Wildman–Crippen MR) is 72.7 cm³/mol. The molecule has 2 rings (SSSR count). The third kappa shape index (κ3) is 2.92. The van der Waals surface area contributed by atoms with Gasteiger partial charge in [-0.3, -0.25) is 4.79 Å². The van der Waals surface area contributed by atoms with Gasteiger partial charge in [-0.05, 0) is 63.6 Å². The molecule has 0 N–H and O–H groups in total. The highest BCUT2D eigenvalue weighted by Crippen LogP contribution is 2.27. The summed E-state index contributed by atoms with van der Waals surface area (Å²) in [6.45, 7) is 7.63. The van der Waals surface area contributed by atoms with Crippen LogP contribution in [0.15, 0.2) is 18.2 Å². The van der Waals surface area contributed by atoms with Crippen LogP contribution < -0.4 is 0 Å². The number of carbonyl (C=O) groups is 1. The Bertz CT molecular complexity index is 455. The van der Waals surface area contributed by atoms with E-state index in [1.165, 1.54) is 24.0 Å². The van der Waals surface area contributed by atoms with E-state index < -0.39 is 5.60 Å². The van der Waals surface area contributed by atoms with Crippen molar-refractivity contribution in [2.45, 2.75) is 58.5 Å².